The van der Waals surface area contributed by atoms with Gasteiger partial charge in [-0.3, -0.25) is 0 Å². The molecule has 0 aromatic heterocycles. The topological polar surface area (TPSA) is 99.9 Å². The smallest absolute Gasteiger partial charge is 0.241 e. The summed E-state index contributed by atoms with van der Waals surface area (Å²) in [5, 5.41) is 8.53. The minimum absolute atomic E-state index is 0. The number of methoxy groups -OCH3 is 2. The molecular weight excluding hydrogens is 423 g/mol. The van der Waals surface area contributed by atoms with Crippen molar-refractivity contribution in [2.45, 2.75) is 24.3 Å². The highest BCUT2D eigenvalue weighted by molar-refractivity contribution is 7.89. The van der Waals surface area contributed by atoms with Crippen LogP contribution in [0.5, 0.6) is 17.2 Å². The lowest BCUT2D eigenvalue weighted by Crippen LogP contribution is -2.32. The van der Waals surface area contributed by atoms with Crippen LogP contribution in [0.2, 0.25) is 0 Å². The molecule has 0 amide bonds. The summed E-state index contributed by atoms with van der Waals surface area (Å²) in [7, 11) is -1.03. The summed E-state index contributed by atoms with van der Waals surface area (Å²) >= 11 is 0. The van der Waals surface area contributed by atoms with Crippen LogP contribution in [-0.4, -0.2) is 41.8 Å². The van der Waals surface area contributed by atoms with Crippen LogP contribution in [0.25, 0.3) is 0 Å². The molecule has 0 aliphatic carbocycles. The third-order valence-corrected chi connectivity index (χ3v) is 4.99. The maximum absolute atomic E-state index is 13.2. The number of hydrogen-bond acceptors (Lipinski definition) is 6. The van der Waals surface area contributed by atoms with Gasteiger partial charge < -0.3 is 19.5 Å². The molecule has 3 N–H and O–H groups in total. The lowest BCUT2D eigenvalue weighted by molar-refractivity contribution is 0.286. The van der Waals surface area contributed by atoms with Crippen molar-refractivity contribution in [2.24, 2.45) is 5.14 Å². The molecule has 0 radical (unpaired) electrons. The van der Waals surface area contributed by atoms with Crippen molar-refractivity contribution in [2.75, 3.05) is 27.4 Å². The predicted octanol–water partition coefficient (Wildman–Crippen LogP) is 2.51. The van der Waals surface area contributed by atoms with Crippen LogP contribution >= 0.6 is 12.4 Å². The maximum atomic E-state index is 13.2. The van der Waals surface area contributed by atoms with E-state index in [1.165, 1.54) is 38.5 Å². The first-order valence-corrected chi connectivity index (χ1v) is 10.2. The molecule has 0 saturated heterocycles. The standard InChI is InChI=1S/C19H25FN2O5S.ClH/c1-13(10-14-4-6-17(25-2)19(11-14)28(21,23)24)22-8-9-27-16-7-5-15(20)12-18(16)26-3;/h4-7,11-13,22H,8-10H2,1-3H3,(H2,21,23,24);1H. The number of primary sulfonamides is 1. The van der Waals surface area contributed by atoms with Gasteiger partial charge in [0.05, 0.1) is 14.2 Å². The van der Waals surface area contributed by atoms with E-state index < -0.39 is 15.8 Å². The van der Waals surface area contributed by atoms with E-state index in [0.29, 0.717) is 31.1 Å². The van der Waals surface area contributed by atoms with Crippen LogP contribution in [0.4, 0.5) is 4.39 Å². The van der Waals surface area contributed by atoms with Crippen LogP contribution in [0, 0.1) is 5.82 Å². The molecule has 10 heteroatoms. The van der Waals surface area contributed by atoms with Crippen molar-refractivity contribution < 1.29 is 27.0 Å². The lowest BCUT2D eigenvalue weighted by Gasteiger charge is -2.16. The number of nitrogens with two attached hydrogens (primary N) is 1. The van der Waals surface area contributed by atoms with E-state index in [0.717, 1.165) is 5.56 Å². The SMILES string of the molecule is COc1cc(F)ccc1OCCNC(C)Cc1ccc(OC)c(S(N)(=O)=O)c1.Cl. The molecule has 0 bridgehead atoms. The number of benzene rings is 2. The molecule has 0 aliphatic rings. The number of sulfonamides is 1. The van der Waals surface area contributed by atoms with E-state index in [1.807, 2.05) is 6.92 Å². The van der Waals surface area contributed by atoms with Gasteiger partial charge in [0.2, 0.25) is 10.0 Å². The molecule has 7 nitrogen and oxygen atoms in total. The van der Waals surface area contributed by atoms with Gasteiger partial charge in [-0.05, 0) is 43.2 Å². The van der Waals surface area contributed by atoms with E-state index in [4.69, 9.17) is 19.3 Å². The zero-order valence-electron chi connectivity index (χ0n) is 16.5. The Bertz CT molecular complexity index is 911. The monoisotopic (exact) mass is 448 g/mol. The molecule has 162 valence electrons. The molecule has 0 aliphatic heterocycles. The van der Waals surface area contributed by atoms with Gasteiger partial charge in [0, 0.05) is 18.7 Å². The maximum Gasteiger partial charge on any atom is 0.241 e. The number of hydrogen-bond donors (Lipinski definition) is 2. The van der Waals surface area contributed by atoms with E-state index >= 15 is 0 Å². The molecule has 0 fully saturated rings. The Morgan fingerprint density at radius 3 is 2.34 bits per heavy atom. The lowest BCUT2D eigenvalue weighted by atomic mass is 10.1. The number of halogens is 2. The average molecular weight is 449 g/mol. The fraction of sp³-hybridized carbons (Fsp3) is 0.368. The van der Waals surface area contributed by atoms with Gasteiger partial charge in [-0.2, -0.15) is 0 Å². The molecule has 1 unspecified atom stereocenters. The minimum atomic E-state index is -3.87. The van der Waals surface area contributed by atoms with Crippen LogP contribution in [-0.2, 0) is 16.4 Å². The van der Waals surface area contributed by atoms with E-state index in [1.54, 1.807) is 12.1 Å². The van der Waals surface area contributed by atoms with E-state index in [-0.39, 0.29) is 29.1 Å². The van der Waals surface area contributed by atoms with Crippen molar-refractivity contribution >= 4 is 22.4 Å². The third kappa shape index (κ3) is 7.36. The first-order valence-electron chi connectivity index (χ1n) is 8.64. The first-order chi connectivity index (χ1) is 13.2. The van der Waals surface area contributed by atoms with E-state index in [2.05, 4.69) is 5.32 Å². The summed E-state index contributed by atoms with van der Waals surface area (Å²) in [4.78, 5) is -0.0357. The second kappa shape index (κ2) is 11.2. The van der Waals surface area contributed by atoms with Gasteiger partial charge in [0.15, 0.2) is 11.5 Å². The quantitative estimate of drug-likeness (QED) is 0.542. The Morgan fingerprint density at radius 2 is 1.72 bits per heavy atom. The van der Waals surface area contributed by atoms with Gasteiger partial charge >= 0.3 is 0 Å². The van der Waals surface area contributed by atoms with Crippen LogP contribution in [0.15, 0.2) is 41.3 Å². The second-order valence-electron chi connectivity index (χ2n) is 6.23. The molecular formula is C19H26ClFN2O5S. The highest BCUT2D eigenvalue weighted by atomic mass is 35.5. The average Bonchev–Trinajstić information content (AvgIpc) is 2.65. The fourth-order valence-electron chi connectivity index (χ4n) is 2.72. The Morgan fingerprint density at radius 1 is 1.07 bits per heavy atom. The summed E-state index contributed by atoms with van der Waals surface area (Å²) in [5.74, 6) is 0.621. The Hall–Kier alpha value is -2.07. The first kappa shape index (κ1) is 25.0. The van der Waals surface area contributed by atoms with Crippen molar-refractivity contribution in [1.29, 1.82) is 0 Å². The molecule has 1 atom stereocenters. The van der Waals surface area contributed by atoms with Crippen molar-refractivity contribution in [3.8, 4) is 17.2 Å². The largest absolute Gasteiger partial charge is 0.495 e. The highest BCUT2D eigenvalue weighted by Gasteiger charge is 2.16. The van der Waals surface area contributed by atoms with Crippen LogP contribution in [0.1, 0.15) is 12.5 Å². The summed E-state index contributed by atoms with van der Waals surface area (Å²) < 4.78 is 52.3. The zero-order chi connectivity index (χ0) is 20.7. The predicted molar refractivity (Wildman–Crippen MR) is 111 cm³/mol. The number of rotatable bonds is 10. The Balaban J connectivity index is 0.00000420. The van der Waals surface area contributed by atoms with Gasteiger partial charge in [-0.15, -0.1) is 12.4 Å². The van der Waals surface area contributed by atoms with E-state index in [9.17, 15) is 12.8 Å². The van der Waals surface area contributed by atoms with Gasteiger partial charge in [0.1, 0.15) is 23.1 Å². The molecule has 2 rings (SSSR count). The number of nitrogens with one attached hydrogen (secondary N) is 1. The van der Waals surface area contributed by atoms with Crippen LogP contribution < -0.4 is 24.7 Å². The van der Waals surface area contributed by atoms with Crippen molar-refractivity contribution in [1.82, 2.24) is 5.32 Å². The highest BCUT2D eigenvalue weighted by Crippen LogP contribution is 2.27. The second-order valence-corrected chi connectivity index (χ2v) is 7.76. The Labute approximate surface area is 176 Å². The molecule has 2 aromatic rings. The third-order valence-electron chi connectivity index (χ3n) is 4.05. The summed E-state index contributed by atoms with van der Waals surface area (Å²) in [6.07, 6.45) is 0.590. The fourth-order valence-corrected chi connectivity index (χ4v) is 3.47. The summed E-state index contributed by atoms with van der Waals surface area (Å²) in [5.41, 5.74) is 0.811. The molecule has 29 heavy (non-hydrogen) atoms. The van der Waals surface area contributed by atoms with Crippen LogP contribution in [0.3, 0.4) is 0 Å². The Kier molecular flexibility index (Phi) is 9.64. The van der Waals surface area contributed by atoms with Gasteiger partial charge in [-0.25, -0.2) is 17.9 Å². The molecule has 2 aromatic carbocycles. The molecule has 0 heterocycles. The van der Waals surface area contributed by atoms with Crippen molar-refractivity contribution in [3.63, 3.8) is 0 Å². The minimum Gasteiger partial charge on any atom is -0.495 e. The molecule has 0 saturated carbocycles. The van der Waals surface area contributed by atoms with Crippen molar-refractivity contribution in [3.05, 3.63) is 47.8 Å². The molecule has 0 spiro atoms. The number of ether oxygens (including phenoxy) is 3. The normalized spacial score (nSPS) is 12.0. The van der Waals surface area contributed by atoms with Gasteiger partial charge in [-0.1, -0.05) is 6.07 Å². The summed E-state index contributed by atoms with van der Waals surface area (Å²) in [6, 6.07) is 9.05. The summed E-state index contributed by atoms with van der Waals surface area (Å²) in [6.45, 7) is 2.87. The zero-order valence-corrected chi connectivity index (χ0v) is 18.1. The van der Waals surface area contributed by atoms with Gasteiger partial charge in [0.25, 0.3) is 0 Å².